The summed E-state index contributed by atoms with van der Waals surface area (Å²) in [6.45, 7) is 2.59. The first-order valence-electron chi connectivity index (χ1n) is 8.59. The lowest BCUT2D eigenvalue weighted by atomic mass is 10.0. The standard InChI is InChI=1S/C20H20N2O5S/c1-14-20(15(2)27-22-14)28(24,25)21-12-19(23)26-13-16-8-10-18(11-9-16)17-6-4-3-5-7-17/h3-11,21H,12-13H2,1-2H3. The zero-order valence-corrected chi connectivity index (χ0v) is 16.3. The maximum absolute atomic E-state index is 12.3. The Hall–Kier alpha value is -2.97. The molecule has 3 rings (SSSR count). The maximum atomic E-state index is 12.3. The van der Waals surface area contributed by atoms with Crippen LogP contribution in [0.15, 0.2) is 64.0 Å². The molecule has 0 saturated carbocycles. The van der Waals surface area contributed by atoms with Gasteiger partial charge in [0.2, 0.25) is 10.0 Å². The lowest BCUT2D eigenvalue weighted by molar-refractivity contribution is -0.143. The number of nitrogens with zero attached hydrogens (tertiary/aromatic N) is 1. The monoisotopic (exact) mass is 400 g/mol. The van der Waals surface area contributed by atoms with Gasteiger partial charge in [-0.2, -0.15) is 4.72 Å². The van der Waals surface area contributed by atoms with Gasteiger partial charge in [0.25, 0.3) is 0 Å². The summed E-state index contributed by atoms with van der Waals surface area (Å²) in [5.41, 5.74) is 3.20. The smallest absolute Gasteiger partial charge is 0.321 e. The van der Waals surface area contributed by atoms with Crippen LogP contribution in [0.25, 0.3) is 11.1 Å². The molecule has 1 heterocycles. The van der Waals surface area contributed by atoms with Crippen LogP contribution in [-0.4, -0.2) is 26.1 Å². The molecule has 0 aliphatic rings. The van der Waals surface area contributed by atoms with Gasteiger partial charge in [-0.25, -0.2) is 8.42 Å². The highest BCUT2D eigenvalue weighted by molar-refractivity contribution is 7.89. The van der Waals surface area contributed by atoms with E-state index in [1.54, 1.807) is 0 Å². The van der Waals surface area contributed by atoms with Crippen molar-refractivity contribution in [2.45, 2.75) is 25.3 Å². The van der Waals surface area contributed by atoms with E-state index in [1.165, 1.54) is 13.8 Å². The maximum Gasteiger partial charge on any atom is 0.321 e. The van der Waals surface area contributed by atoms with Crippen molar-refractivity contribution in [2.75, 3.05) is 6.54 Å². The van der Waals surface area contributed by atoms with Gasteiger partial charge in [-0.05, 0) is 30.5 Å². The first kappa shape index (κ1) is 19.8. The van der Waals surface area contributed by atoms with Crippen molar-refractivity contribution in [3.63, 3.8) is 0 Å². The highest BCUT2D eigenvalue weighted by Gasteiger charge is 2.24. The van der Waals surface area contributed by atoms with Crippen LogP contribution in [0.5, 0.6) is 0 Å². The Kier molecular flexibility index (Phi) is 5.91. The molecule has 0 unspecified atom stereocenters. The van der Waals surface area contributed by atoms with Crippen molar-refractivity contribution in [3.05, 3.63) is 71.6 Å². The number of benzene rings is 2. The van der Waals surface area contributed by atoms with E-state index < -0.39 is 22.5 Å². The molecule has 0 radical (unpaired) electrons. The van der Waals surface area contributed by atoms with Crippen LogP contribution in [0, 0.1) is 13.8 Å². The van der Waals surface area contributed by atoms with Crippen molar-refractivity contribution in [2.24, 2.45) is 0 Å². The van der Waals surface area contributed by atoms with Crippen molar-refractivity contribution in [1.82, 2.24) is 9.88 Å². The summed E-state index contributed by atoms with van der Waals surface area (Å²) < 4.78 is 36.7. The van der Waals surface area contributed by atoms with Crippen LogP contribution in [0.2, 0.25) is 0 Å². The van der Waals surface area contributed by atoms with E-state index in [4.69, 9.17) is 9.26 Å². The molecule has 2 aromatic carbocycles. The fourth-order valence-electron chi connectivity index (χ4n) is 2.72. The van der Waals surface area contributed by atoms with Crippen LogP contribution in [0.3, 0.4) is 0 Å². The molecular formula is C20H20N2O5S. The molecule has 3 aromatic rings. The van der Waals surface area contributed by atoms with Crippen LogP contribution < -0.4 is 4.72 Å². The van der Waals surface area contributed by atoms with E-state index in [0.29, 0.717) is 0 Å². The first-order valence-corrected chi connectivity index (χ1v) is 10.1. The minimum absolute atomic E-state index is 0.0565. The highest BCUT2D eigenvalue weighted by Crippen LogP contribution is 2.20. The number of carbonyl (C=O) groups is 1. The van der Waals surface area contributed by atoms with Gasteiger partial charge in [-0.1, -0.05) is 59.8 Å². The number of hydrogen-bond donors (Lipinski definition) is 1. The third-order valence-corrected chi connectivity index (χ3v) is 5.75. The van der Waals surface area contributed by atoms with Crippen LogP contribution in [0.1, 0.15) is 17.0 Å². The van der Waals surface area contributed by atoms with Gasteiger partial charge in [0.1, 0.15) is 23.7 Å². The SMILES string of the molecule is Cc1noc(C)c1S(=O)(=O)NCC(=O)OCc1ccc(-c2ccccc2)cc1. The Labute approximate surface area is 163 Å². The normalized spacial score (nSPS) is 11.4. The van der Waals surface area contributed by atoms with E-state index in [2.05, 4.69) is 9.88 Å². The molecule has 0 spiro atoms. The molecule has 146 valence electrons. The van der Waals surface area contributed by atoms with E-state index in [-0.39, 0.29) is 23.0 Å². The summed E-state index contributed by atoms with van der Waals surface area (Å²) in [5.74, 6) is -0.514. The van der Waals surface area contributed by atoms with Gasteiger partial charge < -0.3 is 9.26 Å². The zero-order valence-electron chi connectivity index (χ0n) is 15.5. The molecule has 0 bridgehead atoms. The van der Waals surface area contributed by atoms with Gasteiger partial charge >= 0.3 is 5.97 Å². The lowest BCUT2D eigenvalue weighted by Crippen LogP contribution is -2.31. The third kappa shape index (κ3) is 4.65. The van der Waals surface area contributed by atoms with E-state index in [0.717, 1.165) is 16.7 Å². The Morgan fingerprint density at radius 2 is 1.68 bits per heavy atom. The van der Waals surface area contributed by atoms with E-state index >= 15 is 0 Å². The molecule has 1 aromatic heterocycles. The molecule has 0 aliphatic heterocycles. The molecule has 7 nitrogen and oxygen atoms in total. The van der Waals surface area contributed by atoms with Gasteiger partial charge in [-0.15, -0.1) is 0 Å². The Balaban J connectivity index is 1.53. The fraction of sp³-hybridized carbons (Fsp3) is 0.200. The molecule has 28 heavy (non-hydrogen) atoms. The average molecular weight is 400 g/mol. The number of ether oxygens (including phenoxy) is 1. The Morgan fingerprint density at radius 1 is 1.04 bits per heavy atom. The number of carbonyl (C=O) groups excluding carboxylic acids is 1. The number of aromatic nitrogens is 1. The summed E-state index contributed by atoms with van der Waals surface area (Å²) in [7, 11) is -3.90. The van der Waals surface area contributed by atoms with Crippen molar-refractivity contribution >= 4 is 16.0 Å². The van der Waals surface area contributed by atoms with Gasteiger partial charge in [0.05, 0.1) is 0 Å². The quantitative estimate of drug-likeness (QED) is 0.612. The summed E-state index contributed by atoms with van der Waals surface area (Å²) in [6, 6.07) is 17.5. The first-order chi connectivity index (χ1) is 13.4. The van der Waals surface area contributed by atoms with Gasteiger partial charge in [0, 0.05) is 0 Å². The molecule has 0 saturated heterocycles. The minimum Gasteiger partial charge on any atom is -0.460 e. The minimum atomic E-state index is -3.90. The van der Waals surface area contributed by atoms with Crippen LogP contribution in [-0.2, 0) is 26.2 Å². The summed E-state index contributed by atoms with van der Waals surface area (Å²) >= 11 is 0. The Bertz CT molecular complexity index is 1040. The molecule has 1 N–H and O–H groups in total. The largest absolute Gasteiger partial charge is 0.460 e. The summed E-state index contributed by atoms with van der Waals surface area (Å²) in [6.07, 6.45) is 0. The second-order valence-electron chi connectivity index (χ2n) is 6.20. The lowest BCUT2D eigenvalue weighted by Gasteiger charge is -2.08. The molecule has 0 amide bonds. The van der Waals surface area contributed by atoms with Gasteiger partial charge in [-0.3, -0.25) is 4.79 Å². The topological polar surface area (TPSA) is 98.5 Å². The van der Waals surface area contributed by atoms with Crippen LogP contribution in [0.4, 0.5) is 0 Å². The predicted molar refractivity (Wildman–Crippen MR) is 103 cm³/mol. The molecular weight excluding hydrogens is 380 g/mol. The highest BCUT2D eigenvalue weighted by atomic mass is 32.2. The van der Waals surface area contributed by atoms with Crippen LogP contribution >= 0.6 is 0 Å². The second kappa shape index (κ2) is 8.37. The third-order valence-electron chi connectivity index (χ3n) is 4.10. The molecule has 0 atom stereocenters. The number of rotatable bonds is 7. The van der Waals surface area contributed by atoms with Crippen molar-refractivity contribution in [3.8, 4) is 11.1 Å². The number of aryl methyl sites for hydroxylation is 2. The Morgan fingerprint density at radius 3 is 2.29 bits per heavy atom. The number of nitrogens with one attached hydrogen (secondary N) is 1. The predicted octanol–water partition coefficient (Wildman–Crippen LogP) is 2.98. The van der Waals surface area contributed by atoms with Gasteiger partial charge in [0.15, 0.2) is 5.76 Å². The second-order valence-corrected chi connectivity index (χ2v) is 7.91. The zero-order chi connectivity index (χ0) is 20.1. The fourth-order valence-corrected chi connectivity index (χ4v) is 4.02. The molecule has 0 fully saturated rings. The summed E-state index contributed by atoms with van der Waals surface area (Å²) in [5, 5.41) is 3.60. The average Bonchev–Trinajstić information content (AvgIpc) is 3.05. The van der Waals surface area contributed by atoms with E-state index in [9.17, 15) is 13.2 Å². The number of hydrogen-bond acceptors (Lipinski definition) is 6. The molecule has 0 aliphatic carbocycles. The van der Waals surface area contributed by atoms with Crippen molar-refractivity contribution < 1.29 is 22.5 Å². The summed E-state index contributed by atoms with van der Waals surface area (Å²) in [4.78, 5) is 11.8. The number of sulfonamides is 1. The van der Waals surface area contributed by atoms with Crippen molar-refractivity contribution in [1.29, 1.82) is 0 Å². The van der Waals surface area contributed by atoms with E-state index in [1.807, 2.05) is 54.6 Å². The molecule has 8 heteroatoms. The number of esters is 1.